The van der Waals surface area contributed by atoms with Crippen LogP contribution in [0.1, 0.15) is 5.56 Å². The van der Waals surface area contributed by atoms with Crippen molar-refractivity contribution >= 4 is 38.4 Å². The van der Waals surface area contributed by atoms with Crippen molar-refractivity contribution in [1.29, 1.82) is 0 Å². The molecule has 1 aromatic heterocycles. The van der Waals surface area contributed by atoms with Crippen LogP contribution in [0.5, 0.6) is 0 Å². The molecule has 1 aliphatic heterocycles. The van der Waals surface area contributed by atoms with Crippen molar-refractivity contribution in [3.8, 4) is 11.1 Å². The van der Waals surface area contributed by atoms with Gasteiger partial charge in [0.05, 0.1) is 5.69 Å². The van der Waals surface area contributed by atoms with E-state index < -0.39 is 10.2 Å². The van der Waals surface area contributed by atoms with E-state index in [1.165, 1.54) is 0 Å². The molecule has 0 radical (unpaired) electrons. The number of anilines is 1. The fourth-order valence-electron chi connectivity index (χ4n) is 2.94. The van der Waals surface area contributed by atoms with Crippen molar-refractivity contribution in [2.45, 2.75) is 6.54 Å². The molecule has 0 atom stereocenters. The molecule has 23 heavy (non-hydrogen) atoms. The van der Waals surface area contributed by atoms with Crippen molar-refractivity contribution in [1.82, 2.24) is 9.29 Å². The van der Waals surface area contributed by atoms with Crippen LogP contribution in [0.15, 0.2) is 42.6 Å². The molecule has 4 rings (SSSR count). The molecule has 0 saturated carbocycles. The Labute approximate surface area is 139 Å². The second-order valence-electron chi connectivity index (χ2n) is 5.61. The normalized spacial score (nSPS) is 16.1. The van der Waals surface area contributed by atoms with Crippen LogP contribution < -0.4 is 9.44 Å². The van der Waals surface area contributed by atoms with E-state index in [4.69, 9.17) is 11.6 Å². The average Bonchev–Trinajstić information content (AvgIpc) is 2.87. The number of halogens is 1. The second kappa shape index (κ2) is 4.99. The van der Waals surface area contributed by atoms with Gasteiger partial charge in [0.15, 0.2) is 0 Å². The van der Waals surface area contributed by atoms with E-state index >= 15 is 0 Å². The lowest BCUT2D eigenvalue weighted by Crippen LogP contribution is -2.34. The first-order chi connectivity index (χ1) is 10.9. The lowest BCUT2D eigenvalue weighted by Gasteiger charge is -2.22. The molecule has 0 aliphatic carbocycles. The number of fused-ring (bicyclic) bond motifs is 2. The third-order valence-electron chi connectivity index (χ3n) is 4.07. The number of benzene rings is 2. The molecule has 7 heteroatoms. The maximum Gasteiger partial charge on any atom is 0.299 e. The minimum Gasteiger partial charge on any atom is -0.351 e. The summed E-state index contributed by atoms with van der Waals surface area (Å²) in [5.74, 6) is 0. The van der Waals surface area contributed by atoms with E-state index in [1.807, 2.05) is 42.1 Å². The van der Waals surface area contributed by atoms with Crippen molar-refractivity contribution in [3.05, 3.63) is 53.2 Å². The first kappa shape index (κ1) is 14.6. The fourth-order valence-corrected chi connectivity index (χ4v) is 4.11. The van der Waals surface area contributed by atoms with Crippen molar-refractivity contribution in [2.75, 3.05) is 4.72 Å². The average molecular weight is 348 g/mol. The zero-order chi connectivity index (χ0) is 16.2. The molecule has 3 aromatic rings. The highest BCUT2D eigenvalue weighted by atomic mass is 35.5. The SMILES string of the molecule is Cn1ccc2cc(-c3cc(Cl)cc4c3NS(=O)(=O)NC4)ccc21. The highest BCUT2D eigenvalue weighted by Gasteiger charge is 2.23. The Morgan fingerprint density at radius 3 is 2.83 bits per heavy atom. The van der Waals surface area contributed by atoms with E-state index in [0.29, 0.717) is 10.7 Å². The molecule has 1 aliphatic rings. The van der Waals surface area contributed by atoms with Gasteiger partial charge in [-0.1, -0.05) is 17.7 Å². The molecule has 2 heterocycles. The van der Waals surface area contributed by atoms with Gasteiger partial charge in [-0.2, -0.15) is 13.1 Å². The summed E-state index contributed by atoms with van der Waals surface area (Å²) in [6.07, 6.45) is 1.99. The summed E-state index contributed by atoms with van der Waals surface area (Å²) >= 11 is 6.22. The number of aryl methyl sites for hydroxylation is 1. The summed E-state index contributed by atoms with van der Waals surface area (Å²) in [6, 6.07) is 11.6. The minimum atomic E-state index is -3.53. The molecule has 0 bridgehead atoms. The summed E-state index contributed by atoms with van der Waals surface area (Å²) in [6.45, 7) is 0.228. The number of rotatable bonds is 1. The number of aromatic nitrogens is 1. The predicted octanol–water partition coefficient (Wildman–Crippen LogP) is 3.26. The molecule has 118 valence electrons. The molecule has 2 aromatic carbocycles. The number of hydrogen-bond donors (Lipinski definition) is 2. The molecule has 0 saturated heterocycles. The lowest BCUT2D eigenvalue weighted by molar-refractivity contribution is 0.584. The number of hydrogen-bond acceptors (Lipinski definition) is 2. The van der Waals surface area contributed by atoms with E-state index in [2.05, 4.69) is 9.44 Å². The third-order valence-corrected chi connectivity index (χ3v) is 5.29. The van der Waals surface area contributed by atoms with E-state index in [1.54, 1.807) is 12.1 Å². The quantitative estimate of drug-likeness (QED) is 0.709. The Balaban J connectivity index is 1.95. The van der Waals surface area contributed by atoms with Gasteiger partial charge in [0, 0.05) is 41.3 Å². The van der Waals surface area contributed by atoms with Gasteiger partial charge in [0.25, 0.3) is 10.2 Å². The topological polar surface area (TPSA) is 63.1 Å². The van der Waals surface area contributed by atoms with Crippen LogP contribution >= 0.6 is 11.6 Å². The van der Waals surface area contributed by atoms with Gasteiger partial charge in [-0.05, 0) is 41.5 Å². The van der Waals surface area contributed by atoms with Crippen LogP contribution in [0.25, 0.3) is 22.0 Å². The highest BCUT2D eigenvalue weighted by molar-refractivity contribution is 7.90. The van der Waals surface area contributed by atoms with Crippen LogP contribution in [0.2, 0.25) is 5.02 Å². The van der Waals surface area contributed by atoms with Gasteiger partial charge in [-0.3, -0.25) is 4.72 Å². The van der Waals surface area contributed by atoms with Gasteiger partial charge in [0.2, 0.25) is 0 Å². The molecule has 0 fully saturated rings. The van der Waals surface area contributed by atoms with E-state index in [-0.39, 0.29) is 6.54 Å². The second-order valence-corrected chi connectivity index (χ2v) is 7.55. The molecule has 0 spiro atoms. The van der Waals surface area contributed by atoms with Crippen LogP contribution in [0.4, 0.5) is 5.69 Å². The Morgan fingerprint density at radius 2 is 2.00 bits per heavy atom. The summed E-state index contributed by atoms with van der Waals surface area (Å²) in [5, 5.41) is 1.67. The largest absolute Gasteiger partial charge is 0.351 e. The summed E-state index contributed by atoms with van der Waals surface area (Å²) < 4.78 is 30.8. The van der Waals surface area contributed by atoms with Crippen LogP contribution in [0.3, 0.4) is 0 Å². The Hall–Kier alpha value is -2.02. The van der Waals surface area contributed by atoms with Gasteiger partial charge in [-0.15, -0.1) is 0 Å². The smallest absolute Gasteiger partial charge is 0.299 e. The molecule has 0 amide bonds. The number of nitrogens with one attached hydrogen (secondary N) is 2. The summed E-state index contributed by atoms with van der Waals surface area (Å²) in [7, 11) is -1.54. The van der Waals surface area contributed by atoms with Crippen LogP contribution in [0, 0.1) is 0 Å². The standard InChI is InChI=1S/C16H14ClN3O2S/c1-20-5-4-11-6-10(2-3-15(11)20)14-8-13(17)7-12-9-18-23(21,22)19-16(12)14/h2-8,18-19H,9H2,1H3. The minimum absolute atomic E-state index is 0.228. The molecule has 5 nitrogen and oxygen atoms in total. The molecular weight excluding hydrogens is 334 g/mol. The Morgan fingerprint density at radius 1 is 1.17 bits per heavy atom. The monoisotopic (exact) mass is 347 g/mol. The van der Waals surface area contributed by atoms with Crippen molar-refractivity contribution in [3.63, 3.8) is 0 Å². The summed E-state index contributed by atoms with van der Waals surface area (Å²) in [5.41, 5.74) is 4.24. The molecule has 2 N–H and O–H groups in total. The van der Waals surface area contributed by atoms with E-state index in [0.717, 1.165) is 27.6 Å². The lowest BCUT2D eigenvalue weighted by atomic mass is 9.99. The molecular formula is C16H14ClN3O2S. The van der Waals surface area contributed by atoms with E-state index in [9.17, 15) is 8.42 Å². The maximum absolute atomic E-state index is 11.8. The van der Waals surface area contributed by atoms with Gasteiger partial charge < -0.3 is 4.57 Å². The van der Waals surface area contributed by atoms with Crippen LogP contribution in [-0.4, -0.2) is 13.0 Å². The first-order valence-corrected chi connectivity index (χ1v) is 8.94. The molecule has 0 unspecified atom stereocenters. The van der Waals surface area contributed by atoms with Gasteiger partial charge in [0.1, 0.15) is 0 Å². The zero-order valence-electron chi connectivity index (χ0n) is 12.3. The summed E-state index contributed by atoms with van der Waals surface area (Å²) in [4.78, 5) is 0. The van der Waals surface area contributed by atoms with Crippen molar-refractivity contribution < 1.29 is 8.42 Å². The maximum atomic E-state index is 11.8. The highest BCUT2D eigenvalue weighted by Crippen LogP contribution is 2.37. The van der Waals surface area contributed by atoms with Crippen molar-refractivity contribution in [2.24, 2.45) is 7.05 Å². The van der Waals surface area contributed by atoms with Crippen LogP contribution in [-0.2, 0) is 23.8 Å². The van der Waals surface area contributed by atoms with Gasteiger partial charge in [-0.25, -0.2) is 0 Å². The Bertz CT molecular complexity index is 1040. The zero-order valence-corrected chi connectivity index (χ0v) is 13.9. The number of nitrogens with zero attached hydrogens (tertiary/aromatic N) is 1. The Kier molecular flexibility index (Phi) is 3.16. The third kappa shape index (κ3) is 2.49. The van der Waals surface area contributed by atoms with Gasteiger partial charge >= 0.3 is 0 Å². The fraction of sp³-hybridized carbons (Fsp3) is 0.125. The predicted molar refractivity (Wildman–Crippen MR) is 92.7 cm³/mol. The first-order valence-electron chi connectivity index (χ1n) is 7.08.